The van der Waals surface area contributed by atoms with Gasteiger partial charge in [0.15, 0.2) is 0 Å². The second-order valence-corrected chi connectivity index (χ2v) is 4.77. The summed E-state index contributed by atoms with van der Waals surface area (Å²) in [5.74, 6) is 0. The van der Waals surface area contributed by atoms with Crippen molar-refractivity contribution < 1.29 is 14.0 Å². The fourth-order valence-electron chi connectivity index (χ4n) is 1.17. The second kappa shape index (κ2) is 4.74. The van der Waals surface area contributed by atoms with E-state index < -0.39 is 7.60 Å². The molecule has 0 aliphatic rings. The molecule has 1 atom stereocenters. The first-order chi connectivity index (χ1) is 6.60. The highest BCUT2D eigenvalue weighted by Gasteiger charge is 2.21. The van der Waals surface area contributed by atoms with Crippen molar-refractivity contribution in [2.75, 3.05) is 6.61 Å². The lowest BCUT2D eigenvalue weighted by Gasteiger charge is -2.10. The Balaban J connectivity index is 2.91. The van der Waals surface area contributed by atoms with E-state index in [1.807, 2.05) is 19.1 Å². The van der Waals surface area contributed by atoms with Crippen LogP contribution in [0.2, 0.25) is 0 Å². The van der Waals surface area contributed by atoms with Crippen LogP contribution in [0.1, 0.15) is 19.4 Å². The Hall–Kier alpha value is -0.630. The number of hydrogen-bond acceptors (Lipinski definition) is 2. The lowest BCUT2D eigenvalue weighted by Crippen LogP contribution is -2.06. The minimum atomic E-state index is -3.58. The molecule has 4 heteroatoms. The van der Waals surface area contributed by atoms with Gasteiger partial charge in [-0.05, 0) is 31.0 Å². The maximum atomic E-state index is 11.5. The topological polar surface area (TPSA) is 46.5 Å². The molecular weight excluding hydrogens is 199 g/mol. The highest BCUT2D eigenvalue weighted by molar-refractivity contribution is 7.61. The fraction of sp³-hybridized carbons (Fsp3) is 0.400. The summed E-state index contributed by atoms with van der Waals surface area (Å²) in [6, 6.07) is 6.99. The summed E-state index contributed by atoms with van der Waals surface area (Å²) in [6.45, 7) is 3.97. The minimum Gasteiger partial charge on any atom is -0.321 e. The third kappa shape index (κ3) is 2.68. The minimum absolute atomic E-state index is 0.239. The maximum absolute atomic E-state index is 11.5. The molecular formula is C10H15O3P. The molecule has 0 aliphatic carbocycles. The van der Waals surface area contributed by atoms with Gasteiger partial charge < -0.3 is 9.42 Å². The fourth-order valence-corrected chi connectivity index (χ4v) is 2.19. The van der Waals surface area contributed by atoms with Crippen molar-refractivity contribution in [3.63, 3.8) is 0 Å². The molecule has 0 aliphatic heterocycles. The zero-order chi connectivity index (χ0) is 10.6. The van der Waals surface area contributed by atoms with E-state index in [1.165, 1.54) is 0 Å². The van der Waals surface area contributed by atoms with E-state index in [1.54, 1.807) is 19.1 Å². The predicted octanol–water partition coefficient (Wildman–Crippen LogP) is 2.10. The van der Waals surface area contributed by atoms with Crippen LogP contribution in [0, 0.1) is 0 Å². The van der Waals surface area contributed by atoms with Crippen molar-refractivity contribution in [3.05, 3.63) is 29.8 Å². The van der Waals surface area contributed by atoms with Gasteiger partial charge in [-0.2, -0.15) is 0 Å². The largest absolute Gasteiger partial charge is 0.358 e. The van der Waals surface area contributed by atoms with Crippen LogP contribution in [0.25, 0.3) is 0 Å². The lowest BCUT2D eigenvalue weighted by atomic mass is 10.2. The molecule has 0 bridgehead atoms. The number of aryl methyl sites for hydroxylation is 1. The molecule has 1 N–H and O–H groups in total. The first kappa shape index (κ1) is 11.4. The molecule has 0 saturated carbocycles. The summed E-state index contributed by atoms with van der Waals surface area (Å²) in [4.78, 5) is 9.48. The van der Waals surface area contributed by atoms with Gasteiger partial charge in [-0.25, -0.2) is 0 Å². The van der Waals surface area contributed by atoms with E-state index in [0.29, 0.717) is 5.30 Å². The monoisotopic (exact) mass is 214 g/mol. The Kier molecular flexibility index (Phi) is 3.87. The Labute approximate surface area is 84.3 Å². The maximum Gasteiger partial charge on any atom is 0.358 e. The molecule has 0 aromatic heterocycles. The molecule has 0 fully saturated rings. The average Bonchev–Trinajstić information content (AvgIpc) is 2.18. The molecule has 0 saturated heterocycles. The van der Waals surface area contributed by atoms with Gasteiger partial charge in [0.05, 0.1) is 11.9 Å². The molecule has 0 spiro atoms. The Morgan fingerprint density at radius 3 is 2.29 bits per heavy atom. The van der Waals surface area contributed by atoms with Gasteiger partial charge in [0, 0.05) is 0 Å². The molecule has 0 amide bonds. The van der Waals surface area contributed by atoms with Gasteiger partial charge in [0.2, 0.25) is 0 Å². The highest BCUT2D eigenvalue weighted by Crippen LogP contribution is 2.40. The average molecular weight is 214 g/mol. The van der Waals surface area contributed by atoms with Crippen LogP contribution >= 0.6 is 7.60 Å². The van der Waals surface area contributed by atoms with Gasteiger partial charge in [-0.3, -0.25) is 4.57 Å². The molecule has 0 heterocycles. The summed E-state index contributed by atoms with van der Waals surface area (Å²) < 4.78 is 16.3. The first-order valence-electron chi connectivity index (χ1n) is 4.67. The van der Waals surface area contributed by atoms with E-state index in [4.69, 9.17) is 4.52 Å². The van der Waals surface area contributed by atoms with Gasteiger partial charge in [0.25, 0.3) is 0 Å². The van der Waals surface area contributed by atoms with Crippen LogP contribution in [0.5, 0.6) is 0 Å². The van der Waals surface area contributed by atoms with E-state index in [9.17, 15) is 9.46 Å². The van der Waals surface area contributed by atoms with Crippen molar-refractivity contribution in [1.82, 2.24) is 0 Å². The molecule has 1 aromatic carbocycles. The summed E-state index contributed by atoms with van der Waals surface area (Å²) in [7, 11) is -3.58. The molecule has 1 rings (SSSR count). The number of hydrogen-bond donors (Lipinski definition) is 1. The Bertz CT molecular complexity index is 332. The van der Waals surface area contributed by atoms with E-state index in [2.05, 4.69) is 0 Å². The molecule has 1 aromatic rings. The zero-order valence-electron chi connectivity index (χ0n) is 8.43. The molecule has 1 unspecified atom stereocenters. The van der Waals surface area contributed by atoms with Crippen LogP contribution < -0.4 is 5.30 Å². The summed E-state index contributed by atoms with van der Waals surface area (Å²) in [5.41, 5.74) is 1.14. The van der Waals surface area contributed by atoms with Gasteiger partial charge in [-0.15, -0.1) is 0 Å². The summed E-state index contributed by atoms with van der Waals surface area (Å²) in [6.07, 6.45) is 0.921. The number of rotatable bonds is 4. The van der Waals surface area contributed by atoms with Crippen molar-refractivity contribution in [1.29, 1.82) is 0 Å². The molecule has 3 nitrogen and oxygen atoms in total. The van der Waals surface area contributed by atoms with Crippen molar-refractivity contribution in [2.24, 2.45) is 0 Å². The van der Waals surface area contributed by atoms with Gasteiger partial charge >= 0.3 is 7.60 Å². The Morgan fingerprint density at radius 2 is 1.86 bits per heavy atom. The lowest BCUT2D eigenvalue weighted by molar-refractivity contribution is 0.284. The third-order valence-electron chi connectivity index (χ3n) is 1.97. The van der Waals surface area contributed by atoms with Crippen LogP contribution in [-0.4, -0.2) is 11.5 Å². The standard InChI is InChI=1S/C10H15O3P/c1-3-9-5-7-10(8-6-9)14(11,12)13-4-2/h5-8H,3-4H2,1-2H3,(H,11,12). The van der Waals surface area contributed by atoms with Crippen LogP contribution in [-0.2, 0) is 15.5 Å². The van der Waals surface area contributed by atoms with Crippen molar-refractivity contribution in [2.45, 2.75) is 20.3 Å². The molecule has 0 radical (unpaired) electrons. The third-order valence-corrected chi connectivity index (χ3v) is 3.53. The van der Waals surface area contributed by atoms with Crippen molar-refractivity contribution >= 4 is 12.9 Å². The SMILES string of the molecule is CCOP(=O)(O)c1ccc(CC)cc1. The smallest absolute Gasteiger partial charge is 0.321 e. The summed E-state index contributed by atoms with van der Waals surface area (Å²) >= 11 is 0. The quantitative estimate of drug-likeness (QED) is 0.780. The highest BCUT2D eigenvalue weighted by atomic mass is 31.2. The van der Waals surface area contributed by atoms with E-state index >= 15 is 0 Å². The van der Waals surface area contributed by atoms with Gasteiger partial charge in [-0.1, -0.05) is 19.1 Å². The van der Waals surface area contributed by atoms with Crippen LogP contribution in [0.15, 0.2) is 24.3 Å². The van der Waals surface area contributed by atoms with Gasteiger partial charge in [0.1, 0.15) is 0 Å². The molecule has 78 valence electrons. The van der Waals surface area contributed by atoms with E-state index in [0.717, 1.165) is 12.0 Å². The molecule has 14 heavy (non-hydrogen) atoms. The second-order valence-electron chi connectivity index (χ2n) is 2.96. The van der Waals surface area contributed by atoms with Crippen LogP contribution in [0.3, 0.4) is 0 Å². The number of benzene rings is 1. The Morgan fingerprint density at radius 1 is 1.29 bits per heavy atom. The normalized spacial score (nSPS) is 15.1. The van der Waals surface area contributed by atoms with Crippen LogP contribution in [0.4, 0.5) is 0 Å². The van der Waals surface area contributed by atoms with E-state index in [-0.39, 0.29) is 6.61 Å². The first-order valence-corrected chi connectivity index (χ1v) is 6.24. The zero-order valence-corrected chi connectivity index (χ0v) is 9.33. The predicted molar refractivity (Wildman–Crippen MR) is 56.9 cm³/mol. The summed E-state index contributed by atoms with van der Waals surface area (Å²) in [5, 5.41) is 0.358. The van der Waals surface area contributed by atoms with Crippen molar-refractivity contribution in [3.8, 4) is 0 Å².